The zero-order chi connectivity index (χ0) is 24.5. The molecule has 190 valence electrons. The molecular weight excluding hydrogens is 444 g/mol. The van der Waals surface area contributed by atoms with Gasteiger partial charge in [0.05, 0.1) is 0 Å². The van der Waals surface area contributed by atoms with Crippen molar-refractivity contribution in [2.24, 2.45) is 17.8 Å². The number of aromatic nitrogens is 6. The Balaban J connectivity index is 1.62. The minimum absolute atomic E-state index is 0.218. The lowest BCUT2D eigenvalue weighted by Crippen LogP contribution is -2.31. The minimum atomic E-state index is -0.624. The third-order valence-corrected chi connectivity index (χ3v) is 7.93. The predicted octanol–water partition coefficient (Wildman–Crippen LogP) is 4.44. The lowest BCUT2D eigenvalue weighted by Gasteiger charge is -2.32. The second-order valence-electron chi connectivity index (χ2n) is 10.7. The number of fused-ring (bicyclic) bond motifs is 1. The van der Waals surface area contributed by atoms with Crippen LogP contribution in [0.5, 0.6) is 0 Å². The highest BCUT2D eigenvalue weighted by atomic mass is 16.5. The molecule has 2 N–H and O–H groups in total. The van der Waals surface area contributed by atoms with E-state index in [4.69, 9.17) is 19.5 Å². The first-order chi connectivity index (χ1) is 16.9. The molecule has 2 aliphatic carbocycles. The molecule has 3 heterocycles. The third kappa shape index (κ3) is 4.92. The van der Waals surface area contributed by atoms with E-state index < -0.39 is 5.76 Å². The quantitative estimate of drug-likeness (QED) is 0.459. The highest BCUT2D eigenvalue weighted by molar-refractivity contribution is 5.87. The van der Waals surface area contributed by atoms with Gasteiger partial charge in [-0.25, -0.2) is 14.8 Å². The van der Waals surface area contributed by atoms with Crippen LogP contribution in [0, 0.1) is 17.8 Å². The fraction of sp³-hybridized carbons (Fsp3) is 0.720. The predicted molar refractivity (Wildman–Crippen MR) is 137 cm³/mol. The molecule has 2 fully saturated rings. The van der Waals surface area contributed by atoms with Crippen molar-refractivity contribution in [2.45, 2.75) is 84.7 Å². The van der Waals surface area contributed by atoms with Crippen LogP contribution >= 0.6 is 0 Å². The van der Waals surface area contributed by atoms with Gasteiger partial charge in [-0.15, -0.1) is 0 Å². The van der Waals surface area contributed by atoms with Gasteiger partial charge in [0, 0.05) is 26.2 Å². The second-order valence-corrected chi connectivity index (χ2v) is 10.7. The van der Waals surface area contributed by atoms with Crippen molar-refractivity contribution in [3.05, 3.63) is 10.6 Å². The summed E-state index contributed by atoms with van der Waals surface area (Å²) in [6.07, 6.45) is 9.80. The summed E-state index contributed by atoms with van der Waals surface area (Å²) in [5, 5.41) is 7.52. The lowest BCUT2D eigenvalue weighted by atomic mass is 9.80. The molecule has 35 heavy (non-hydrogen) atoms. The first kappa shape index (κ1) is 23.8. The van der Waals surface area contributed by atoms with E-state index >= 15 is 0 Å². The van der Waals surface area contributed by atoms with Crippen LogP contribution in [0.25, 0.3) is 22.8 Å². The third-order valence-electron chi connectivity index (χ3n) is 7.93. The van der Waals surface area contributed by atoms with Gasteiger partial charge in [0.25, 0.3) is 0 Å². The number of nitrogens with zero attached hydrogens (tertiary/aromatic N) is 6. The Morgan fingerprint density at radius 3 is 2.57 bits per heavy atom. The van der Waals surface area contributed by atoms with Crippen molar-refractivity contribution in [1.29, 1.82) is 0 Å². The maximum atomic E-state index is 11.6. The number of aromatic amines is 1. The maximum absolute atomic E-state index is 11.6. The lowest BCUT2D eigenvalue weighted by molar-refractivity contribution is 0.267. The molecule has 1 atom stereocenters. The number of H-pyrrole nitrogens is 1. The number of nitrogens with one attached hydrogen (secondary N) is 2. The molecule has 3 aromatic rings. The molecule has 0 saturated heterocycles. The van der Waals surface area contributed by atoms with Crippen LogP contribution in [-0.4, -0.2) is 49.3 Å². The van der Waals surface area contributed by atoms with Gasteiger partial charge in [-0.3, -0.25) is 9.51 Å². The van der Waals surface area contributed by atoms with E-state index in [-0.39, 0.29) is 11.9 Å². The highest BCUT2D eigenvalue weighted by Gasteiger charge is 2.29. The molecule has 0 bridgehead atoms. The van der Waals surface area contributed by atoms with Crippen molar-refractivity contribution < 1.29 is 4.52 Å². The number of rotatable bonds is 9. The zero-order valence-electron chi connectivity index (χ0n) is 21.4. The number of anilines is 2. The fourth-order valence-corrected chi connectivity index (χ4v) is 5.50. The Morgan fingerprint density at radius 1 is 1.17 bits per heavy atom. The van der Waals surface area contributed by atoms with E-state index in [9.17, 15) is 4.79 Å². The first-order valence-corrected chi connectivity index (χ1v) is 13.2. The molecule has 0 radical (unpaired) electrons. The normalized spacial score (nSPS) is 21.7. The van der Waals surface area contributed by atoms with Crippen LogP contribution < -0.4 is 16.0 Å². The van der Waals surface area contributed by atoms with Gasteiger partial charge >= 0.3 is 5.76 Å². The monoisotopic (exact) mass is 482 g/mol. The van der Waals surface area contributed by atoms with Crippen LogP contribution in [0.3, 0.4) is 0 Å². The number of hydrogen-bond donors (Lipinski definition) is 2. The van der Waals surface area contributed by atoms with E-state index in [0.717, 1.165) is 42.7 Å². The van der Waals surface area contributed by atoms with Gasteiger partial charge in [-0.1, -0.05) is 38.3 Å². The van der Waals surface area contributed by atoms with Gasteiger partial charge in [-0.2, -0.15) is 4.98 Å². The first-order valence-electron chi connectivity index (χ1n) is 13.2. The van der Waals surface area contributed by atoms with Crippen LogP contribution in [-0.2, 0) is 6.54 Å². The summed E-state index contributed by atoms with van der Waals surface area (Å²) in [7, 11) is 2.09. The maximum Gasteiger partial charge on any atom is 0.439 e. The molecule has 0 spiro atoms. The Hall–Kier alpha value is -2.91. The van der Waals surface area contributed by atoms with Gasteiger partial charge < -0.3 is 14.8 Å². The van der Waals surface area contributed by atoms with Crippen LogP contribution in [0.4, 0.5) is 11.8 Å². The van der Waals surface area contributed by atoms with Gasteiger partial charge in [-0.05, 0) is 56.8 Å². The smallest absolute Gasteiger partial charge is 0.365 e. The standard InChI is InChI=1S/C25H38N8O2/c1-5-13-32(4)24-29-21-19(33(24)14-17-11-9-15(2)10-12-17)20(26-16(3)18-7-6-8-18)27-22(28-21)23-30-25(34)35-31-23/h15-18H,5-14H2,1-4H3,(H,26,27,28)(H,30,31,34)/t15-,16-,17-/m1/s1. The topological polar surface area (TPSA) is 118 Å². The Bertz CT molecular complexity index is 1200. The summed E-state index contributed by atoms with van der Waals surface area (Å²) in [6.45, 7) is 8.57. The van der Waals surface area contributed by atoms with E-state index in [1.807, 2.05) is 0 Å². The van der Waals surface area contributed by atoms with Crippen molar-refractivity contribution in [3.63, 3.8) is 0 Å². The Labute approximate surface area is 205 Å². The van der Waals surface area contributed by atoms with Crippen molar-refractivity contribution >= 4 is 22.9 Å². The van der Waals surface area contributed by atoms with Gasteiger partial charge in [0.2, 0.25) is 17.6 Å². The van der Waals surface area contributed by atoms with Crippen LogP contribution in [0.1, 0.15) is 72.1 Å². The number of hydrogen-bond acceptors (Lipinski definition) is 8. The summed E-state index contributed by atoms with van der Waals surface area (Å²) in [6, 6.07) is 0.279. The molecular formula is C25H38N8O2. The van der Waals surface area contributed by atoms with E-state index in [2.05, 4.69) is 52.7 Å². The highest BCUT2D eigenvalue weighted by Crippen LogP contribution is 2.36. The molecule has 10 nitrogen and oxygen atoms in total. The van der Waals surface area contributed by atoms with Crippen LogP contribution in [0.15, 0.2) is 9.32 Å². The van der Waals surface area contributed by atoms with Crippen molar-refractivity contribution in [2.75, 3.05) is 23.8 Å². The zero-order valence-corrected chi connectivity index (χ0v) is 21.4. The largest absolute Gasteiger partial charge is 0.439 e. The van der Waals surface area contributed by atoms with E-state index in [1.165, 1.54) is 44.9 Å². The molecule has 2 saturated carbocycles. The van der Waals surface area contributed by atoms with Crippen molar-refractivity contribution in [1.82, 2.24) is 29.7 Å². The summed E-state index contributed by atoms with van der Waals surface area (Å²) in [4.78, 5) is 31.0. The minimum Gasteiger partial charge on any atom is -0.365 e. The van der Waals surface area contributed by atoms with Gasteiger partial charge in [0.15, 0.2) is 11.5 Å². The summed E-state index contributed by atoms with van der Waals surface area (Å²) in [5.41, 5.74) is 1.55. The van der Waals surface area contributed by atoms with Gasteiger partial charge in [0.1, 0.15) is 5.52 Å². The van der Waals surface area contributed by atoms with Crippen molar-refractivity contribution in [3.8, 4) is 11.6 Å². The summed E-state index contributed by atoms with van der Waals surface area (Å²) >= 11 is 0. The molecule has 5 rings (SSSR count). The molecule has 10 heteroatoms. The summed E-state index contributed by atoms with van der Waals surface area (Å²) < 4.78 is 7.06. The molecule has 0 unspecified atom stereocenters. The van der Waals surface area contributed by atoms with E-state index in [0.29, 0.717) is 23.3 Å². The molecule has 0 aliphatic heterocycles. The number of imidazole rings is 1. The van der Waals surface area contributed by atoms with Crippen LogP contribution in [0.2, 0.25) is 0 Å². The average Bonchev–Trinajstić information content (AvgIpc) is 3.38. The summed E-state index contributed by atoms with van der Waals surface area (Å²) in [5.74, 6) is 3.63. The average molecular weight is 483 g/mol. The Kier molecular flexibility index (Phi) is 6.80. The fourth-order valence-electron chi connectivity index (χ4n) is 5.50. The SMILES string of the molecule is CCCN(C)c1nc2nc(-c3noc(=O)[nH]3)nc(N[C@H](C)C3CCC3)c2n1C[C@H]1CC[C@H](C)CC1. The second kappa shape index (κ2) is 9.99. The molecule has 3 aromatic heterocycles. The molecule has 2 aliphatic rings. The van der Waals surface area contributed by atoms with E-state index in [1.54, 1.807) is 0 Å². The Morgan fingerprint density at radius 2 is 1.94 bits per heavy atom. The molecule has 0 aromatic carbocycles. The molecule has 0 amide bonds.